The number of hydrogen-bond acceptors (Lipinski definition) is 1. The Balaban J connectivity index is -0.000000264. The van der Waals surface area contributed by atoms with Crippen LogP contribution < -0.4 is 0 Å². The van der Waals surface area contributed by atoms with Crippen LogP contribution in [-0.4, -0.2) is 5.71 Å². The normalized spacial score (nSPS) is 14.0. The molecule has 1 heteroatoms. The molecule has 1 aliphatic heterocycles. The van der Waals surface area contributed by atoms with E-state index in [9.17, 15) is 0 Å². The number of rotatable bonds is 2. The smallest absolute Gasteiger partial charge is 0.0450 e. The number of aliphatic imine (C=N–C) groups is 1. The van der Waals surface area contributed by atoms with Crippen LogP contribution in [0.4, 0.5) is 0 Å². The van der Waals surface area contributed by atoms with Crippen molar-refractivity contribution in [2.24, 2.45) is 16.8 Å². The van der Waals surface area contributed by atoms with Crippen LogP contribution in [-0.2, 0) is 0 Å². The summed E-state index contributed by atoms with van der Waals surface area (Å²) in [7, 11) is 0. The molecule has 23 heavy (non-hydrogen) atoms. The number of allylic oxidation sites excluding steroid dienone is 6. The van der Waals surface area contributed by atoms with Crippen molar-refractivity contribution < 1.29 is 0 Å². The van der Waals surface area contributed by atoms with E-state index in [0.717, 1.165) is 11.6 Å². The molecule has 2 aliphatic rings. The second-order valence-electron chi connectivity index (χ2n) is 5.56. The van der Waals surface area contributed by atoms with E-state index >= 15 is 0 Å². The van der Waals surface area contributed by atoms with Gasteiger partial charge in [-0.2, -0.15) is 0 Å². The van der Waals surface area contributed by atoms with Crippen molar-refractivity contribution in [2.45, 2.75) is 89.5 Å². The molecule has 0 N–H and O–H groups in total. The Labute approximate surface area is 147 Å². The van der Waals surface area contributed by atoms with Gasteiger partial charge in [-0.15, -0.1) is 0 Å². The summed E-state index contributed by atoms with van der Waals surface area (Å²) in [5, 5.41) is 0. The van der Waals surface area contributed by atoms with E-state index in [1.165, 1.54) is 17.7 Å². The maximum Gasteiger partial charge on any atom is 0.0450 e. The van der Waals surface area contributed by atoms with Gasteiger partial charge in [-0.3, -0.25) is 4.99 Å². The van der Waals surface area contributed by atoms with Gasteiger partial charge in [-0.25, -0.2) is 0 Å². The molecule has 0 atom stereocenters. The van der Waals surface area contributed by atoms with Crippen LogP contribution in [0.1, 0.15) is 89.5 Å². The average molecular weight is 322 g/mol. The van der Waals surface area contributed by atoms with Crippen LogP contribution >= 0.6 is 0 Å². The SMILES string of the molecule is CC.CC.CC.CC1=CC(C(C)C)=N1.CC1=CC=C(C(C)C)C1. The quantitative estimate of drug-likeness (QED) is 0.488. The second kappa shape index (κ2) is 17.2. The molecule has 1 nitrogen and oxygen atoms in total. The molecule has 0 fully saturated rings. The van der Waals surface area contributed by atoms with Gasteiger partial charge in [0.1, 0.15) is 0 Å². The van der Waals surface area contributed by atoms with E-state index in [-0.39, 0.29) is 0 Å². The molecule has 0 aromatic rings. The Hall–Kier alpha value is -1.11. The first-order valence-electron chi connectivity index (χ1n) is 9.53. The van der Waals surface area contributed by atoms with Gasteiger partial charge in [-0.05, 0) is 38.2 Å². The van der Waals surface area contributed by atoms with Crippen molar-refractivity contribution >= 4 is 5.71 Å². The van der Waals surface area contributed by atoms with Crippen LogP contribution in [0, 0.1) is 11.8 Å². The van der Waals surface area contributed by atoms with E-state index in [0.29, 0.717) is 5.92 Å². The highest BCUT2D eigenvalue weighted by Crippen LogP contribution is 2.24. The van der Waals surface area contributed by atoms with Crippen molar-refractivity contribution in [3.05, 3.63) is 35.1 Å². The van der Waals surface area contributed by atoms with Gasteiger partial charge in [0.15, 0.2) is 0 Å². The second-order valence-corrected chi connectivity index (χ2v) is 5.56. The summed E-state index contributed by atoms with van der Waals surface area (Å²) in [4.78, 5) is 4.20. The summed E-state index contributed by atoms with van der Waals surface area (Å²) in [5.41, 5.74) is 5.47. The molecule has 0 amide bonds. The molecule has 0 spiro atoms. The Morgan fingerprint density at radius 2 is 1.22 bits per heavy atom. The summed E-state index contributed by atoms with van der Waals surface area (Å²) < 4.78 is 0. The van der Waals surface area contributed by atoms with Crippen molar-refractivity contribution in [3.63, 3.8) is 0 Å². The lowest BCUT2D eigenvalue weighted by Crippen LogP contribution is -2.10. The maximum absolute atomic E-state index is 4.20. The molecule has 0 unspecified atom stereocenters. The number of hydrogen-bond donors (Lipinski definition) is 0. The molecule has 0 bridgehead atoms. The van der Waals surface area contributed by atoms with Crippen molar-refractivity contribution in [1.82, 2.24) is 0 Å². The van der Waals surface area contributed by atoms with Crippen LogP contribution in [0.15, 0.2) is 40.1 Å². The van der Waals surface area contributed by atoms with Crippen LogP contribution in [0.2, 0.25) is 0 Å². The van der Waals surface area contributed by atoms with E-state index in [4.69, 9.17) is 0 Å². The molecular weight excluding hydrogens is 278 g/mol. The molecule has 1 aliphatic carbocycles. The highest BCUT2D eigenvalue weighted by atomic mass is 14.8. The minimum atomic E-state index is 0.610. The fourth-order valence-electron chi connectivity index (χ4n) is 1.80. The van der Waals surface area contributed by atoms with Crippen LogP contribution in [0.3, 0.4) is 0 Å². The van der Waals surface area contributed by atoms with Crippen LogP contribution in [0.5, 0.6) is 0 Å². The standard InChI is InChI=1S/C9H14.C7H11N.3C2H6/c1-7(2)9-5-4-8(3)6-9;1-5(2)7-4-6(3)8-7;3*1-2/h4-5,7H,6H2,1-3H3;4-5H,1-3H3;3*1-2H3. The van der Waals surface area contributed by atoms with Crippen molar-refractivity contribution in [1.29, 1.82) is 0 Å². The molecule has 136 valence electrons. The fraction of sp³-hybridized carbons (Fsp3) is 0.682. The molecule has 0 radical (unpaired) electrons. The number of nitrogens with zero attached hydrogens (tertiary/aromatic N) is 1. The lowest BCUT2D eigenvalue weighted by Gasteiger charge is -2.12. The Morgan fingerprint density at radius 3 is 1.35 bits per heavy atom. The zero-order chi connectivity index (χ0) is 19.0. The highest BCUT2D eigenvalue weighted by Gasteiger charge is 2.08. The fourth-order valence-corrected chi connectivity index (χ4v) is 1.80. The summed E-state index contributed by atoms with van der Waals surface area (Å²) in [6.45, 7) is 25.0. The predicted molar refractivity (Wildman–Crippen MR) is 111 cm³/mol. The molecule has 1 heterocycles. The lowest BCUT2D eigenvalue weighted by atomic mass is 10.0. The molecule has 2 rings (SSSR count). The van der Waals surface area contributed by atoms with Gasteiger partial charge in [0, 0.05) is 11.4 Å². The Kier molecular flexibility index (Phi) is 20.1. The van der Waals surface area contributed by atoms with E-state index in [2.05, 4.69) is 57.8 Å². The zero-order valence-electron chi connectivity index (χ0n) is 18.0. The van der Waals surface area contributed by atoms with Gasteiger partial charge >= 0.3 is 0 Å². The zero-order valence-corrected chi connectivity index (χ0v) is 18.0. The third kappa shape index (κ3) is 13.1. The summed E-state index contributed by atoms with van der Waals surface area (Å²) in [5.74, 6) is 1.34. The summed E-state index contributed by atoms with van der Waals surface area (Å²) >= 11 is 0. The Morgan fingerprint density at radius 1 is 0.783 bits per heavy atom. The van der Waals surface area contributed by atoms with E-state index in [1.807, 2.05) is 48.5 Å². The monoisotopic (exact) mass is 321 g/mol. The third-order valence-corrected chi connectivity index (χ3v) is 3.06. The molecule has 0 aromatic heterocycles. The summed E-state index contributed by atoms with van der Waals surface area (Å²) in [6, 6.07) is 0. The van der Waals surface area contributed by atoms with E-state index < -0.39 is 0 Å². The molecule has 0 saturated carbocycles. The van der Waals surface area contributed by atoms with Crippen molar-refractivity contribution in [3.8, 4) is 0 Å². The maximum atomic E-state index is 4.20. The third-order valence-electron chi connectivity index (χ3n) is 3.06. The molecule has 0 aromatic carbocycles. The lowest BCUT2D eigenvalue weighted by molar-refractivity contribution is 0.746. The van der Waals surface area contributed by atoms with Crippen molar-refractivity contribution in [2.75, 3.05) is 0 Å². The summed E-state index contributed by atoms with van der Waals surface area (Å²) in [6.07, 6.45) is 7.80. The first kappa shape index (κ1) is 26.8. The van der Waals surface area contributed by atoms with Gasteiger partial charge in [-0.1, -0.05) is 92.5 Å². The van der Waals surface area contributed by atoms with E-state index in [1.54, 1.807) is 5.57 Å². The molecule has 0 saturated heterocycles. The minimum Gasteiger partial charge on any atom is -0.258 e. The first-order valence-corrected chi connectivity index (χ1v) is 9.53. The minimum absolute atomic E-state index is 0.610. The average Bonchev–Trinajstić information content (AvgIpc) is 2.97. The predicted octanol–water partition coefficient (Wildman–Crippen LogP) is 8.00. The van der Waals surface area contributed by atoms with Crippen LogP contribution in [0.25, 0.3) is 0 Å². The topological polar surface area (TPSA) is 12.4 Å². The largest absolute Gasteiger partial charge is 0.258 e. The van der Waals surface area contributed by atoms with Gasteiger partial charge < -0.3 is 0 Å². The van der Waals surface area contributed by atoms with Gasteiger partial charge in [0.05, 0.1) is 0 Å². The Bertz CT molecular complexity index is 390. The van der Waals surface area contributed by atoms with Gasteiger partial charge in [0.2, 0.25) is 0 Å². The molecular formula is C22H43N. The first-order chi connectivity index (χ1) is 10.9. The van der Waals surface area contributed by atoms with Gasteiger partial charge in [0.25, 0.3) is 0 Å². The highest BCUT2D eigenvalue weighted by molar-refractivity contribution is 6.01.